The topological polar surface area (TPSA) is 29.1 Å². The highest BCUT2D eigenvalue weighted by Gasteiger charge is 2.23. The molecule has 0 spiro atoms. The molecule has 0 aliphatic carbocycles. The molecule has 0 aliphatic heterocycles. The minimum Gasteiger partial charge on any atom is -0.349 e. The SMILES string of the molecule is CCCCCCC(=O)NC(C)(CCl)CCl. The van der Waals surface area contributed by atoms with Crippen LogP contribution in [0.3, 0.4) is 0 Å². The number of alkyl halides is 2. The molecule has 0 heterocycles. The molecule has 1 amide bonds. The molecule has 4 heteroatoms. The maximum absolute atomic E-state index is 11.5. The summed E-state index contributed by atoms with van der Waals surface area (Å²) in [5.74, 6) is 0.740. The number of nitrogens with one attached hydrogen (secondary N) is 1. The maximum atomic E-state index is 11.5. The lowest BCUT2D eigenvalue weighted by Gasteiger charge is -2.25. The Labute approximate surface area is 103 Å². The van der Waals surface area contributed by atoms with Crippen LogP contribution in [0, 0.1) is 0 Å². The predicted octanol–water partition coefficient (Wildman–Crippen LogP) is 3.31. The van der Waals surface area contributed by atoms with E-state index in [0.29, 0.717) is 18.2 Å². The molecule has 0 aromatic carbocycles. The molecule has 0 saturated carbocycles. The fourth-order valence-electron chi connectivity index (χ4n) is 1.21. The normalized spacial score (nSPS) is 11.5. The summed E-state index contributed by atoms with van der Waals surface area (Å²) in [4.78, 5) is 11.5. The molecule has 0 aliphatic rings. The molecule has 0 atom stereocenters. The Morgan fingerprint density at radius 1 is 1.20 bits per heavy atom. The van der Waals surface area contributed by atoms with Crippen molar-refractivity contribution in [1.82, 2.24) is 5.32 Å². The van der Waals surface area contributed by atoms with Crippen molar-refractivity contribution in [3.63, 3.8) is 0 Å². The van der Waals surface area contributed by atoms with Crippen LogP contribution in [0.4, 0.5) is 0 Å². The summed E-state index contributed by atoms with van der Waals surface area (Å²) >= 11 is 11.5. The number of hydrogen-bond acceptors (Lipinski definition) is 1. The van der Waals surface area contributed by atoms with E-state index in [2.05, 4.69) is 12.2 Å². The standard InChI is InChI=1S/C11H21Cl2NO/c1-3-4-5-6-7-10(15)14-11(2,8-12)9-13/h3-9H2,1-2H3,(H,14,15). The van der Waals surface area contributed by atoms with Gasteiger partial charge in [0.1, 0.15) is 0 Å². The Bertz CT molecular complexity index is 181. The molecule has 0 fully saturated rings. The first-order valence-corrected chi connectivity index (χ1v) is 6.58. The van der Waals surface area contributed by atoms with Crippen molar-refractivity contribution in [2.24, 2.45) is 0 Å². The van der Waals surface area contributed by atoms with E-state index in [1.807, 2.05) is 6.92 Å². The lowest BCUT2D eigenvalue weighted by atomic mass is 10.1. The first kappa shape index (κ1) is 15.0. The third kappa shape index (κ3) is 7.02. The lowest BCUT2D eigenvalue weighted by molar-refractivity contribution is -0.122. The molecule has 0 saturated heterocycles. The summed E-state index contributed by atoms with van der Waals surface area (Å²) in [6.07, 6.45) is 5.00. The Morgan fingerprint density at radius 2 is 1.80 bits per heavy atom. The molecule has 0 rings (SSSR count). The van der Waals surface area contributed by atoms with E-state index in [1.54, 1.807) is 0 Å². The minimum absolute atomic E-state index is 0.0508. The highest BCUT2D eigenvalue weighted by molar-refractivity contribution is 6.22. The van der Waals surface area contributed by atoms with Crippen LogP contribution in [0.1, 0.15) is 46.0 Å². The molecule has 0 radical (unpaired) electrons. The van der Waals surface area contributed by atoms with E-state index in [9.17, 15) is 4.79 Å². The molecular weight excluding hydrogens is 233 g/mol. The van der Waals surface area contributed by atoms with Gasteiger partial charge in [0.05, 0.1) is 5.54 Å². The van der Waals surface area contributed by atoms with Crippen molar-refractivity contribution in [3.05, 3.63) is 0 Å². The number of halogens is 2. The van der Waals surface area contributed by atoms with Crippen LogP contribution in [0.5, 0.6) is 0 Å². The Balaban J connectivity index is 3.72. The first-order valence-electron chi connectivity index (χ1n) is 5.51. The van der Waals surface area contributed by atoms with Crippen molar-refractivity contribution in [3.8, 4) is 0 Å². The summed E-state index contributed by atoms with van der Waals surface area (Å²) < 4.78 is 0. The van der Waals surface area contributed by atoms with Gasteiger partial charge in [-0.15, -0.1) is 23.2 Å². The van der Waals surface area contributed by atoms with E-state index < -0.39 is 5.54 Å². The average Bonchev–Trinajstić information content (AvgIpc) is 2.24. The van der Waals surface area contributed by atoms with Crippen LogP contribution in [0.2, 0.25) is 0 Å². The van der Waals surface area contributed by atoms with Crippen molar-refractivity contribution < 1.29 is 4.79 Å². The van der Waals surface area contributed by atoms with Gasteiger partial charge in [-0.3, -0.25) is 4.79 Å². The highest BCUT2D eigenvalue weighted by Crippen LogP contribution is 2.10. The van der Waals surface area contributed by atoms with Crippen LogP contribution in [0.15, 0.2) is 0 Å². The zero-order valence-electron chi connectivity index (χ0n) is 9.61. The lowest BCUT2D eigenvalue weighted by Crippen LogP contribution is -2.49. The number of amides is 1. The summed E-state index contributed by atoms with van der Waals surface area (Å²) in [6, 6.07) is 0. The fraction of sp³-hybridized carbons (Fsp3) is 0.909. The molecule has 0 unspecified atom stereocenters. The van der Waals surface area contributed by atoms with Crippen molar-refractivity contribution in [2.75, 3.05) is 11.8 Å². The minimum atomic E-state index is -0.467. The quantitative estimate of drug-likeness (QED) is 0.522. The second-order valence-corrected chi connectivity index (χ2v) is 4.72. The van der Waals surface area contributed by atoms with Crippen LogP contribution < -0.4 is 5.32 Å². The first-order chi connectivity index (χ1) is 7.08. The third-order valence-corrected chi connectivity index (χ3v) is 3.47. The Hall–Kier alpha value is 0.0500. The molecule has 0 aromatic heterocycles. The number of carbonyl (C=O) groups excluding carboxylic acids is 1. The summed E-state index contributed by atoms with van der Waals surface area (Å²) in [5.41, 5.74) is -0.467. The smallest absolute Gasteiger partial charge is 0.220 e. The van der Waals surface area contributed by atoms with E-state index in [1.165, 1.54) is 12.8 Å². The monoisotopic (exact) mass is 253 g/mol. The molecule has 1 N–H and O–H groups in total. The predicted molar refractivity (Wildman–Crippen MR) is 66.7 cm³/mol. The summed E-state index contributed by atoms with van der Waals surface area (Å²) in [7, 11) is 0. The van der Waals surface area contributed by atoms with Crippen molar-refractivity contribution >= 4 is 29.1 Å². The van der Waals surface area contributed by atoms with E-state index in [4.69, 9.17) is 23.2 Å². The summed E-state index contributed by atoms with van der Waals surface area (Å²) in [6.45, 7) is 4.01. The Morgan fingerprint density at radius 3 is 2.27 bits per heavy atom. The van der Waals surface area contributed by atoms with E-state index in [-0.39, 0.29) is 5.91 Å². The van der Waals surface area contributed by atoms with Crippen molar-refractivity contribution in [2.45, 2.75) is 51.5 Å². The Kier molecular flexibility index (Phi) is 8.26. The number of unbranched alkanes of at least 4 members (excludes halogenated alkanes) is 3. The van der Waals surface area contributed by atoms with Gasteiger partial charge in [-0.25, -0.2) is 0 Å². The average molecular weight is 254 g/mol. The maximum Gasteiger partial charge on any atom is 0.220 e. The van der Waals surface area contributed by atoms with Gasteiger partial charge in [0.15, 0.2) is 0 Å². The van der Waals surface area contributed by atoms with Crippen LogP contribution in [0.25, 0.3) is 0 Å². The summed E-state index contributed by atoms with van der Waals surface area (Å²) in [5, 5.41) is 2.87. The van der Waals surface area contributed by atoms with Gasteiger partial charge < -0.3 is 5.32 Å². The van der Waals surface area contributed by atoms with Gasteiger partial charge in [-0.05, 0) is 13.3 Å². The third-order valence-electron chi connectivity index (χ3n) is 2.29. The fourth-order valence-corrected chi connectivity index (χ4v) is 1.63. The molecule has 2 nitrogen and oxygen atoms in total. The highest BCUT2D eigenvalue weighted by atomic mass is 35.5. The number of rotatable bonds is 8. The second kappa shape index (κ2) is 8.23. The zero-order chi connectivity index (χ0) is 11.7. The van der Waals surface area contributed by atoms with Crippen LogP contribution in [-0.4, -0.2) is 23.2 Å². The molecule has 0 bridgehead atoms. The second-order valence-electron chi connectivity index (χ2n) is 4.19. The van der Waals surface area contributed by atoms with Gasteiger partial charge >= 0.3 is 0 Å². The largest absolute Gasteiger partial charge is 0.349 e. The van der Waals surface area contributed by atoms with E-state index >= 15 is 0 Å². The molecule has 90 valence electrons. The number of hydrogen-bond donors (Lipinski definition) is 1. The van der Waals surface area contributed by atoms with E-state index in [0.717, 1.165) is 12.8 Å². The van der Waals surface area contributed by atoms with Gasteiger partial charge in [-0.2, -0.15) is 0 Å². The van der Waals surface area contributed by atoms with Gasteiger partial charge in [0.2, 0.25) is 5.91 Å². The molecular formula is C11H21Cl2NO. The number of carbonyl (C=O) groups is 1. The van der Waals surface area contributed by atoms with Crippen molar-refractivity contribution in [1.29, 1.82) is 0 Å². The van der Waals surface area contributed by atoms with Crippen LogP contribution in [-0.2, 0) is 4.79 Å². The molecule has 15 heavy (non-hydrogen) atoms. The van der Waals surface area contributed by atoms with Gasteiger partial charge in [-0.1, -0.05) is 26.2 Å². The molecule has 0 aromatic rings. The van der Waals surface area contributed by atoms with Crippen LogP contribution >= 0.6 is 23.2 Å². The zero-order valence-corrected chi connectivity index (χ0v) is 11.1. The van der Waals surface area contributed by atoms with Gasteiger partial charge in [0.25, 0.3) is 0 Å². The van der Waals surface area contributed by atoms with Gasteiger partial charge in [0, 0.05) is 18.2 Å².